The van der Waals surface area contributed by atoms with Crippen LogP contribution in [0.5, 0.6) is 0 Å². The summed E-state index contributed by atoms with van der Waals surface area (Å²) in [5, 5.41) is 27.5. The largest absolute Gasteiger partial charge is 0.480 e. The van der Waals surface area contributed by atoms with Gasteiger partial charge in [0.15, 0.2) is 5.82 Å². The van der Waals surface area contributed by atoms with Crippen molar-refractivity contribution in [1.82, 2.24) is 15.2 Å². The molecule has 1 unspecified atom stereocenters. The molecule has 4 aromatic rings. The zero-order chi connectivity index (χ0) is 40.7. The van der Waals surface area contributed by atoms with E-state index in [2.05, 4.69) is 15.6 Å². The maximum absolute atomic E-state index is 13.9. The summed E-state index contributed by atoms with van der Waals surface area (Å²) in [7, 11) is 0. The Morgan fingerprint density at radius 2 is 1.51 bits per heavy atom. The van der Waals surface area contributed by atoms with Gasteiger partial charge in [-0.25, -0.2) is 14.6 Å². The molecule has 0 aliphatic rings. The number of fused-ring (bicyclic) bond motifs is 1. The molecule has 1 atom stereocenters. The number of rotatable bonds is 12. The molecule has 0 spiro atoms. The minimum absolute atomic E-state index is 0.0164. The van der Waals surface area contributed by atoms with Crippen molar-refractivity contribution in [2.24, 2.45) is 0 Å². The normalized spacial score (nSPS) is 11.9. The van der Waals surface area contributed by atoms with Crippen LogP contribution in [0.2, 0.25) is 0 Å². The molecule has 3 aromatic carbocycles. The predicted molar refractivity (Wildman–Crippen MR) is 203 cm³/mol. The van der Waals surface area contributed by atoms with Crippen LogP contribution < -0.4 is 15.5 Å². The lowest BCUT2D eigenvalue weighted by atomic mass is 10.0. The van der Waals surface area contributed by atoms with Crippen molar-refractivity contribution in [3.05, 3.63) is 106 Å². The number of anilines is 2. The standard InChI is InChI=1S/C39H44N6O10/c1-24(46)43(23-32(47)48)22-25-11-13-27(14-12-25)33(35(49)41-21-26-9-8-10-30(19-26)45(52)53)42-29-15-16-31-28(20-29)17-18-40-34(31)44(36(50)54-38(2,3)4)37(51)55-39(5,6)7/h8-20,33,42H,21-23H2,1-7H3,(H,41,49)(H,47,48). The van der Waals surface area contributed by atoms with Gasteiger partial charge in [0.2, 0.25) is 11.8 Å². The quantitative estimate of drug-likeness (QED) is 0.102. The molecule has 0 fully saturated rings. The molecule has 16 heteroatoms. The van der Waals surface area contributed by atoms with E-state index in [0.717, 1.165) is 4.90 Å². The first kappa shape index (κ1) is 41.2. The van der Waals surface area contributed by atoms with Gasteiger partial charge in [-0.05, 0) is 87.9 Å². The number of pyridine rings is 1. The summed E-state index contributed by atoms with van der Waals surface area (Å²) in [5.41, 5.74) is 0.104. The predicted octanol–water partition coefficient (Wildman–Crippen LogP) is 6.72. The van der Waals surface area contributed by atoms with Crippen LogP contribution in [0.15, 0.2) is 79.0 Å². The minimum Gasteiger partial charge on any atom is -0.480 e. The summed E-state index contributed by atoms with van der Waals surface area (Å²) in [4.78, 5) is 81.0. The van der Waals surface area contributed by atoms with Gasteiger partial charge in [-0.15, -0.1) is 0 Å². The molecule has 1 aromatic heterocycles. The van der Waals surface area contributed by atoms with E-state index in [0.29, 0.717) is 33.2 Å². The van der Waals surface area contributed by atoms with Crippen molar-refractivity contribution in [3.8, 4) is 0 Å². The van der Waals surface area contributed by atoms with Crippen LogP contribution in [0.1, 0.15) is 71.2 Å². The Labute approximate surface area is 317 Å². The smallest absolute Gasteiger partial charge is 0.425 e. The van der Waals surface area contributed by atoms with Crippen LogP contribution in [-0.2, 0) is 36.9 Å². The van der Waals surface area contributed by atoms with Gasteiger partial charge in [-0.1, -0.05) is 36.4 Å². The van der Waals surface area contributed by atoms with Crippen LogP contribution in [0.25, 0.3) is 10.8 Å². The van der Waals surface area contributed by atoms with Gasteiger partial charge in [0.1, 0.15) is 23.8 Å². The Balaban J connectivity index is 1.70. The molecule has 16 nitrogen and oxygen atoms in total. The molecule has 0 saturated carbocycles. The number of nitro benzene ring substituents is 1. The molecule has 3 N–H and O–H groups in total. The topological polar surface area (TPSA) is 211 Å². The molecule has 0 aliphatic carbocycles. The number of amides is 4. The number of hydrogen-bond acceptors (Lipinski definition) is 11. The van der Waals surface area contributed by atoms with E-state index in [1.807, 2.05) is 0 Å². The first-order valence-electron chi connectivity index (χ1n) is 17.2. The molecule has 0 saturated heterocycles. The summed E-state index contributed by atoms with van der Waals surface area (Å²) in [5.74, 6) is -2.08. The van der Waals surface area contributed by atoms with Crippen LogP contribution in [0, 0.1) is 10.1 Å². The molecule has 1 heterocycles. The third kappa shape index (κ3) is 11.7. The average molecular weight is 757 g/mol. The van der Waals surface area contributed by atoms with Crippen molar-refractivity contribution in [2.75, 3.05) is 16.8 Å². The number of non-ortho nitro benzene ring substituents is 1. The average Bonchev–Trinajstić information content (AvgIpc) is 3.08. The number of carbonyl (C=O) groups excluding carboxylic acids is 4. The number of carboxylic acids is 1. The number of carboxylic acid groups (broad SMARTS) is 1. The van der Waals surface area contributed by atoms with Crippen molar-refractivity contribution in [2.45, 2.75) is 78.8 Å². The lowest BCUT2D eigenvalue weighted by Crippen LogP contribution is -2.44. The highest BCUT2D eigenvalue weighted by Crippen LogP contribution is 2.31. The Morgan fingerprint density at radius 3 is 2.07 bits per heavy atom. The Kier molecular flexibility index (Phi) is 12.8. The fourth-order valence-electron chi connectivity index (χ4n) is 5.31. The van der Waals surface area contributed by atoms with Crippen molar-refractivity contribution >= 4 is 57.9 Å². The van der Waals surface area contributed by atoms with Gasteiger partial charge in [-0.3, -0.25) is 24.5 Å². The van der Waals surface area contributed by atoms with Gasteiger partial charge >= 0.3 is 18.2 Å². The Hall–Kier alpha value is -6.58. The number of imide groups is 1. The number of nitrogens with one attached hydrogen (secondary N) is 2. The zero-order valence-electron chi connectivity index (χ0n) is 31.6. The lowest BCUT2D eigenvalue weighted by Gasteiger charge is -2.28. The van der Waals surface area contributed by atoms with Gasteiger partial charge in [-0.2, -0.15) is 4.90 Å². The van der Waals surface area contributed by atoms with Crippen LogP contribution in [-0.4, -0.2) is 67.6 Å². The summed E-state index contributed by atoms with van der Waals surface area (Å²) >= 11 is 0. The SMILES string of the molecule is CC(=O)N(CC(=O)O)Cc1ccc(C(Nc2ccc3c(N(C(=O)OC(C)(C)C)C(=O)OC(C)(C)C)nccc3c2)C(=O)NCc2cccc([N+](=O)[O-])c2)cc1. The highest BCUT2D eigenvalue weighted by atomic mass is 16.6. The second kappa shape index (κ2) is 17.0. The van der Waals surface area contributed by atoms with E-state index in [1.165, 1.54) is 36.2 Å². The van der Waals surface area contributed by atoms with Gasteiger partial charge < -0.3 is 30.1 Å². The van der Waals surface area contributed by atoms with Gasteiger partial charge in [0.05, 0.1) is 4.92 Å². The van der Waals surface area contributed by atoms with E-state index < -0.39 is 58.7 Å². The number of nitrogens with zero attached hydrogens (tertiary/aromatic N) is 4. The second-order valence-corrected chi connectivity index (χ2v) is 14.6. The Morgan fingerprint density at radius 1 is 0.873 bits per heavy atom. The highest BCUT2D eigenvalue weighted by molar-refractivity contribution is 6.14. The molecule has 55 heavy (non-hydrogen) atoms. The third-order valence-corrected chi connectivity index (χ3v) is 7.73. The molecule has 0 radical (unpaired) electrons. The van der Waals surface area contributed by atoms with Crippen LogP contribution in [0.3, 0.4) is 0 Å². The monoisotopic (exact) mass is 756 g/mol. The van der Waals surface area contributed by atoms with E-state index >= 15 is 0 Å². The Bertz CT molecular complexity index is 2060. The van der Waals surface area contributed by atoms with Crippen LogP contribution in [0.4, 0.5) is 26.8 Å². The fourth-order valence-corrected chi connectivity index (χ4v) is 5.31. The number of aromatic nitrogens is 1. The second-order valence-electron chi connectivity index (χ2n) is 14.6. The summed E-state index contributed by atoms with van der Waals surface area (Å²) < 4.78 is 11.1. The third-order valence-electron chi connectivity index (χ3n) is 7.73. The summed E-state index contributed by atoms with van der Waals surface area (Å²) in [6.45, 7) is 10.8. The van der Waals surface area contributed by atoms with Gasteiger partial charge in [0.25, 0.3) is 5.69 Å². The number of ether oxygens (including phenoxy) is 2. The zero-order valence-corrected chi connectivity index (χ0v) is 31.6. The van der Waals surface area contributed by atoms with Crippen molar-refractivity contribution < 1.29 is 43.5 Å². The van der Waals surface area contributed by atoms with E-state index in [-0.39, 0.29) is 24.6 Å². The van der Waals surface area contributed by atoms with Crippen LogP contribution >= 0.6 is 0 Å². The highest BCUT2D eigenvalue weighted by Gasteiger charge is 2.34. The maximum Gasteiger partial charge on any atom is 0.425 e. The van der Waals surface area contributed by atoms with E-state index in [1.54, 1.807) is 96.1 Å². The van der Waals surface area contributed by atoms with Crippen molar-refractivity contribution in [3.63, 3.8) is 0 Å². The van der Waals surface area contributed by atoms with E-state index in [9.17, 15) is 39.2 Å². The molecule has 0 aliphatic heterocycles. The minimum atomic E-state index is -1.16. The van der Waals surface area contributed by atoms with E-state index in [4.69, 9.17) is 9.47 Å². The van der Waals surface area contributed by atoms with Gasteiger partial charge in [0, 0.05) is 49.4 Å². The fraction of sp³-hybridized carbons (Fsp3) is 0.333. The maximum atomic E-state index is 13.9. The molecule has 4 rings (SSSR count). The molecule has 0 bridgehead atoms. The van der Waals surface area contributed by atoms with Crippen molar-refractivity contribution in [1.29, 1.82) is 0 Å². The summed E-state index contributed by atoms with van der Waals surface area (Å²) in [6, 6.07) is 18.2. The number of nitro groups is 1. The lowest BCUT2D eigenvalue weighted by molar-refractivity contribution is -0.384. The first-order valence-corrected chi connectivity index (χ1v) is 17.2. The number of carbonyl (C=O) groups is 5. The number of hydrogen-bond donors (Lipinski definition) is 3. The first-order chi connectivity index (χ1) is 25.7. The molecular formula is C39H44N6O10. The number of benzene rings is 3. The molecular weight excluding hydrogens is 712 g/mol. The number of aliphatic carboxylic acids is 1. The molecule has 290 valence electrons. The summed E-state index contributed by atoms with van der Waals surface area (Å²) in [6.07, 6.45) is -0.552. The molecule has 4 amide bonds.